The zero-order valence-electron chi connectivity index (χ0n) is 17.8. The van der Waals surface area contributed by atoms with E-state index in [-0.39, 0.29) is 11.6 Å². The van der Waals surface area contributed by atoms with Crippen molar-refractivity contribution in [1.29, 1.82) is 5.26 Å². The van der Waals surface area contributed by atoms with Crippen molar-refractivity contribution in [2.24, 2.45) is 0 Å². The van der Waals surface area contributed by atoms with Crippen LogP contribution in [0, 0.1) is 11.3 Å². The van der Waals surface area contributed by atoms with E-state index in [0.29, 0.717) is 39.1 Å². The van der Waals surface area contributed by atoms with Crippen molar-refractivity contribution in [3.63, 3.8) is 0 Å². The van der Waals surface area contributed by atoms with Gasteiger partial charge in [0.15, 0.2) is 11.6 Å². The molecule has 10 nitrogen and oxygen atoms in total. The van der Waals surface area contributed by atoms with E-state index in [1.165, 1.54) is 7.11 Å². The number of halogens is 1. The van der Waals surface area contributed by atoms with Crippen LogP contribution in [-0.4, -0.2) is 54.1 Å². The summed E-state index contributed by atoms with van der Waals surface area (Å²) in [5.41, 5.74) is 1.59. The Morgan fingerprint density at radius 2 is 2.06 bits per heavy atom. The van der Waals surface area contributed by atoms with Gasteiger partial charge in [0.1, 0.15) is 16.4 Å². The fourth-order valence-corrected chi connectivity index (χ4v) is 3.64. The number of carbonyl (C=O) groups is 1. The smallest absolute Gasteiger partial charge is 0.274 e. The van der Waals surface area contributed by atoms with Gasteiger partial charge in [-0.05, 0) is 46.3 Å². The Morgan fingerprint density at radius 3 is 2.79 bits per heavy atom. The van der Waals surface area contributed by atoms with Crippen LogP contribution in [0.4, 0.5) is 23.1 Å². The molecular formula is C22H21BrN8O2. The summed E-state index contributed by atoms with van der Waals surface area (Å²) in [5.74, 6) is 1.12. The highest BCUT2D eigenvalue weighted by atomic mass is 79.9. The number of rotatable bonds is 6. The molecule has 3 N–H and O–H groups in total. The van der Waals surface area contributed by atoms with Crippen molar-refractivity contribution >= 4 is 45.0 Å². The number of piperazine rings is 1. The van der Waals surface area contributed by atoms with Crippen LogP contribution in [0.3, 0.4) is 0 Å². The molecule has 1 aromatic carbocycles. The third-order valence-corrected chi connectivity index (χ3v) is 5.40. The van der Waals surface area contributed by atoms with Gasteiger partial charge in [-0.3, -0.25) is 4.79 Å². The number of nitrogens with zero attached hydrogens (tertiary/aromatic N) is 5. The molecule has 33 heavy (non-hydrogen) atoms. The number of anilines is 4. The molecule has 2 aromatic heterocycles. The quantitative estimate of drug-likeness (QED) is 0.430. The first kappa shape index (κ1) is 22.4. The standard InChI is InChI=1S/C22H21BrN8O2/c1-33-18-13-26-22(31-9-7-25-8-10-31)30-20(18)29-16-6-5-15(11-14(16)12-24)27-21(32)17-3-2-4-19(23)28-17/h2-6,11,13,25H,7-10H2,1H3,(H,27,32)(H,26,29,30). The van der Waals surface area contributed by atoms with Gasteiger partial charge >= 0.3 is 0 Å². The summed E-state index contributed by atoms with van der Waals surface area (Å²) < 4.78 is 5.96. The number of carbonyl (C=O) groups excluding carboxylic acids is 1. The molecule has 1 saturated heterocycles. The minimum Gasteiger partial charge on any atom is -0.491 e. The van der Waals surface area contributed by atoms with Crippen molar-refractivity contribution in [2.45, 2.75) is 0 Å². The molecule has 3 aromatic rings. The summed E-state index contributed by atoms with van der Waals surface area (Å²) in [6, 6.07) is 12.2. The van der Waals surface area contributed by atoms with Crippen LogP contribution < -0.4 is 25.6 Å². The largest absolute Gasteiger partial charge is 0.491 e. The second kappa shape index (κ2) is 10.2. The lowest BCUT2D eigenvalue weighted by Gasteiger charge is -2.27. The Balaban J connectivity index is 1.56. The molecule has 4 rings (SSSR count). The van der Waals surface area contributed by atoms with Crippen LogP contribution in [0.1, 0.15) is 16.1 Å². The first-order valence-corrected chi connectivity index (χ1v) is 11.0. The van der Waals surface area contributed by atoms with Crippen molar-refractivity contribution in [3.05, 3.63) is 58.5 Å². The third-order valence-electron chi connectivity index (χ3n) is 4.96. The number of nitrogens with one attached hydrogen (secondary N) is 3. The van der Waals surface area contributed by atoms with E-state index in [0.717, 1.165) is 26.2 Å². The lowest BCUT2D eigenvalue weighted by atomic mass is 10.1. The highest BCUT2D eigenvalue weighted by Crippen LogP contribution is 2.29. The molecule has 0 unspecified atom stereocenters. The number of pyridine rings is 1. The summed E-state index contributed by atoms with van der Waals surface area (Å²) in [5, 5.41) is 18.9. The van der Waals surface area contributed by atoms with Crippen molar-refractivity contribution < 1.29 is 9.53 Å². The maximum Gasteiger partial charge on any atom is 0.274 e. The number of hydrogen-bond donors (Lipinski definition) is 3. The fourth-order valence-electron chi connectivity index (χ4n) is 3.30. The summed E-state index contributed by atoms with van der Waals surface area (Å²) in [6.07, 6.45) is 1.61. The zero-order valence-corrected chi connectivity index (χ0v) is 19.4. The van der Waals surface area contributed by atoms with Gasteiger partial charge in [0.25, 0.3) is 5.91 Å². The van der Waals surface area contributed by atoms with E-state index in [1.807, 2.05) is 0 Å². The molecule has 11 heteroatoms. The number of ether oxygens (including phenoxy) is 1. The number of nitriles is 1. The van der Waals surface area contributed by atoms with Gasteiger partial charge in [0, 0.05) is 31.9 Å². The van der Waals surface area contributed by atoms with E-state index in [2.05, 4.69) is 57.8 Å². The number of hydrogen-bond acceptors (Lipinski definition) is 9. The fraction of sp³-hybridized carbons (Fsp3) is 0.227. The highest BCUT2D eigenvalue weighted by Gasteiger charge is 2.17. The van der Waals surface area contributed by atoms with Gasteiger partial charge in [-0.2, -0.15) is 10.2 Å². The Kier molecular flexibility index (Phi) is 6.97. The van der Waals surface area contributed by atoms with Crippen LogP contribution in [0.25, 0.3) is 0 Å². The van der Waals surface area contributed by atoms with Gasteiger partial charge in [-0.1, -0.05) is 6.07 Å². The molecule has 0 spiro atoms. The topological polar surface area (TPSA) is 128 Å². The maximum atomic E-state index is 12.5. The lowest BCUT2D eigenvalue weighted by Crippen LogP contribution is -2.44. The Morgan fingerprint density at radius 1 is 1.24 bits per heavy atom. The molecule has 1 aliphatic heterocycles. The SMILES string of the molecule is COc1cnc(N2CCNCC2)nc1Nc1ccc(NC(=O)c2cccc(Br)n2)cc1C#N. The lowest BCUT2D eigenvalue weighted by molar-refractivity contribution is 0.102. The molecular weight excluding hydrogens is 488 g/mol. The monoisotopic (exact) mass is 508 g/mol. The molecule has 3 heterocycles. The van der Waals surface area contributed by atoms with Gasteiger partial charge < -0.3 is 25.6 Å². The van der Waals surface area contributed by atoms with E-state index in [4.69, 9.17) is 4.74 Å². The molecule has 0 aliphatic carbocycles. The predicted octanol–water partition coefficient (Wildman–Crippen LogP) is 2.92. The van der Waals surface area contributed by atoms with Gasteiger partial charge in [0.2, 0.25) is 5.95 Å². The van der Waals surface area contributed by atoms with E-state index < -0.39 is 0 Å². The normalized spacial score (nSPS) is 13.2. The molecule has 0 saturated carbocycles. The molecule has 1 aliphatic rings. The number of amides is 1. The molecule has 0 bridgehead atoms. The van der Waals surface area contributed by atoms with E-state index in [9.17, 15) is 10.1 Å². The van der Waals surface area contributed by atoms with Crippen LogP contribution in [-0.2, 0) is 0 Å². The summed E-state index contributed by atoms with van der Waals surface area (Å²) >= 11 is 3.25. The Bertz CT molecular complexity index is 1210. The van der Waals surface area contributed by atoms with Crippen molar-refractivity contribution in [2.75, 3.05) is 48.8 Å². The summed E-state index contributed by atoms with van der Waals surface area (Å²) in [7, 11) is 1.54. The van der Waals surface area contributed by atoms with Gasteiger partial charge in [0.05, 0.1) is 24.6 Å². The summed E-state index contributed by atoms with van der Waals surface area (Å²) in [6.45, 7) is 3.33. The minimum absolute atomic E-state index is 0.260. The number of methoxy groups -OCH3 is 1. The second-order valence-corrected chi connectivity index (χ2v) is 7.93. The summed E-state index contributed by atoms with van der Waals surface area (Å²) in [4.78, 5) is 27.7. The zero-order chi connectivity index (χ0) is 23.2. The van der Waals surface area contributed by atoms with Crippen LogP contribution in [0.15, 0.2) is 47.2 Å². The maximum absolute atomic E-state index is 12.5. The van der Waals surface area contributed by atoms with Crippen LogP contribution >= 0.6 is 15.9 Å². The van der Waals surface area contributed by atoms with Gasteiger partial charge in [-0.15, -0.1) is 0 Å². The number of aromatic nitrogens is 3. The average molecular weight is 509 g/mol. The highest BCUT2D eigenvalue weighted by molar-refractivity contribution is 9.10. The molecule has 1 fully saturated rings. The van der Waals surface area contributed by atoms with E-state index in [1.54, 1.807) is 42.6 Å². The van der Waals surface area contributed by atoms with E-state index >= 15 is 0 Å². The van der Waals surface area contributed by atoms with Crippen molar-refractivity contribution in [1.82, 2.24) is 20.3 Å². The average Bonchev–Trinajstić information content (AvgIpc) is 2.85. The molecule has 1 amide bonds. The predicted molar refractivity (Wildman–Crippen MR) is 128 cm³/mol. The Hall–Kier alpha value is -3.75. The molecule has 0 atom stereocenters. The minimum atomic E-state index is -0.376. The Labute approximate surface area is 199 Å². The molecule has 168 valence electrons. The van der Waals surface area contributed by atoms with Crippen molar-refractivity contribution in [3.8, 4) is 11.8 Å². The van der Waals surface area contributed by atoms with Gasteiger partial charge in [-0.25, -0.2) is 9.97 Å². The van der Waals surface area contributed by atoms with Crippen LogP contribution in [0.5, 0.6) is 5.75 Å². The first-order chi connectivity index (χ1) is 16.1. The van der Waals surface area contributed by atoms with Crippen LogP contribution in [0.2, 0.25) is 0 Å². The number of benzene rings is 1. The second-order valence-electron chi connectivity index (χ2n) is 7.12. The third kappa shape index (κ3) is 5.36. The first-order valence-electron chi connectivity index (χ1n) is 10.2. The molecule has 0 radical (unpaired) electrons.